The average molecular weight is 441 g/mol. The first-order valence-electron chi connectivity index (χ1n) is 6.85. The predicted molar refractivity (Wildman–Crippen MR) is 106 cm³/mol. The van der Waals surface area contributed by atoms with Gasteiger partial charge in [0.2, 0.25) is 5.91 Å². The second kappa shape index (κ2) is 8.70. The van der Waals surface area contributed by atoms with Gasteiger partial charge in [-0.1, -0.05) is 23.7 Å². The summed E-state index contributed by atoms with van der Waals surface area (Å²) in [6.07, 6.45) is 2.96. The van der Waals surface area contributed by atoms with Gasteiger partial charge in [0.15, 0.2) is 5.11 Å². The normalized spacial score (nSPS) is 10.5. The number of nitrogens with zero attached hydrogens (tertiary/aromatic N) is 1. The van der Waals surface area contributed by atoms with E-state index in [-0.39, 0.29) is 10.8 Å². The number of hydrogen-bond donors (Lipinski definition) is 2. The Morgan fingerprint density at radius 1 is 1.24 bits per heavy atom. The molecule has 2 N–H and O–H groups in total. The minimum absolute atomic E-state index is 0.0572. The summed E-state index contributed by atoms with van der Waals surface area (Å²) < 4.78 is 0.454. The second-order valence-corrected chi connectivity index (χ2v) is 6.45. The number of carbonyl (C=O) groups excluding carboxylic acids is 1. The van der Waals surface area contributed by atoms with E-state index in [1.807, 2.05) is 0 Å². The number of anilines is 1. The standard InChI is InChI=1S/C16H11BrClN3O3S/c17-13-9-12(21(23)24)6-7-14(13)19-16(25)20-15(22)8-3-10-1-4-11(18)5-2-10/h1-9H,(H2,19,20,22,25)/b8-3+. The van der Waals surface area contributed by atoms with Gasteiger partial charge >= 0.3 is 0 Å². The van der Waals surface area contributed by atoms with E-state index in [2.05, 4.69) is 26.6 Å². The molecule has 0 unspecified atom stereocenters. The maximum absolute atomic E-state index is 11.9. The molecule has 0 fully saturated rings. The van der Waals surface area contributed by atoms with Crippen LogP contribution in [0.25, 0.3) is 6.08 Å². The lowest BCUT2D eigenvalue weighted by atomic mass is 10.2. The van der Waals surface area contributed by atoms with Crippen molar-refractivity contribution in [1.82, 2.24) is 5.32 Å². The number of rotatable bonds is 4. The Balaban J connectivity index is 1.94. The lowest BCUT2D eigenvalue weighted by Gasteiger charge is -2.09. The quantitative estimate of drug-likeness (QED) is 0.316. The number of hydrogen-bond acceptors (Lipinski definition) is 4. The highest BCUT2D eigenvalue weighted by molar-refractivity contribution is 9.10. The van der Waals surface area contributed by atoms with Crippen molar-refractivity contribution in [2.75, 3.05) is 5.32 Å². The van der Waals surface area contributed by atoms with E-state index < -0.39 is 10.8 Å². The van der Waals surface area contributed by atoms with Gasteiger partial charge < -0.3 is 5.32 Å². The van der Waals surface area contributed by atoms with Crippen LogP contribution in [0, 0.1) is 10.1 Å². The highest BCUT2D eigenvalue weighted by atomic mass is 79.9. The number of nitro benzene ring substituents is 1. The number of halogens is 2. The molecule has 9 heteroatoms. The third-order valence-electron chi connectivity index (χ3n) is 2.95. The van der Waals surface area contributed by atoms with Crippen molar-refractivity contribution in [3.8, 4) is 0 Å². The molecule has 1 amide bonds. The molecule has 0 spiro atoms. The molecule has 0 heterocycles. The molecule has 0 aliphatic heterocycles. The fourth-order valence-corrected chi connectivity index (χ4v) is 2.57. The van der Waals surface area contributed by atoms with E-state index >= 15 is 0 Å². The summed E-state index contributed by atoms with van der Waals surface area (Å²) in [6.45, 7) is 0. The summed E-state index contributed by atoms with van der Waals surface area (Å²) in [6, 6.07) is 11.2. The third kappa shape index (κ3) is 5.93. The monoisotopic (exact) mass is 439 g/mol. The minimum atomic E-state index is -0.504. The van der Waals surface area contributed by atoms with Crippen molar-refractivity contribution < 1.29 is 9.72 Å². The first kappa shape index (κ1) is 19.0. The molecule has 6 nitrogen and oxygen atoms in total. The molecule has 0 aromatic heterocycles. The first-order valence-corrected chi connectivity index (χ1v) is 8.42. The third-order valence-corrected chi connectivity index (χ3v) is 4.06. The van der Waals surface area contributed by atoms with Crippen LogP contribution in [0.15, 0.2) is 53.0 Å². The van der Waals surface area contributed by atoms with Gasteiger partial charge in [-0.15, -0.1) is 0 Å². The van der Waals surface area contributed by atoms with Crippen LogP contribution in [0.3, 0.4) is 0 Å². The van der Waals surface area contributed by atoms with E-state index in [0.29, 0.717) is 15.2 Å². The summed E-state index contributed by atoms with van der Waals surface area (Å²) in [7, 11) is 0. The van der Waals surface area contributed by atoms with Crippen LogP contribution >= 0.6 is 39.7 Å². The Kier molecular flexibility index (Phi) is 6.63. The molecule has 0 bridgehead atoms. The molecule has 25 heavy (non-hydrogen) atoms. The number of carbonyl (C=O) groups is 1. The Morgan fingerprint density at radius 2 is 1.92 bits per heavy atom. The molecule has 0 saturated carbocycles. The summed E-state index contributed by atoms with van der Waals surface area (Å²) in [5.74, 6) is -0.412. The van der Waals surface area contributed by atoms with E-state index in [9.17, 15) is 14.9 Å². The summed E-state index contributed by atoms with van der Waals surface area (Å²) in [5, 5.41) is 16.7. The van der Waals surface area contributed by atoms with Crippen LogP contribution in [-0.2, 0) is 4.79 Å². The van der Waals surface area contributed by atoms with Crippen molar-refractivity contribution in [3.63, 3.8) is 0 Å². The number of nitrogens with one attached hydrogen (secondary N) is 2. The molecular weight excluding hydrogens is 430 g/mol. The van der Waals surface area contributed by atoms with Crippen LogP contribution < -0.4 is 10.6 Å². The van der Waals surface area contributed by atoms with Crippen molar-refractivity contribution in [2.45, 2.75) is 0 Å². The molecule has 128 valence electrons. The summed E-state index contributed by atoms with van der Waals surface area (Å²) in [5.41, 5.74) is 1.26. The fraction of sp³-hybridized carbons (Fsp3) is 0. The predicted octanol–water partition coefficient (Wildman–Crippen LogP) is 4.54. The minimum Gasteiger partial charge on any atom is -0.331 e. The van der Waals surface area contributed by atoms with Gasteiger partial charge in [-0.2, -0.15) is 0 Å². The van der Waals surface area contributed by atoms with Crippen molar-refractivity contribution in [2.24, 2.45) is 0 Å². The molecule has 0 aliphatic rings. The Hall–Kier alpha value is -2.29. The lowest BCUT2D eigenvalue weighted by Crippen LogP contribution is -2.32. The Bertz CT molecular complexity index is 856. The topological polar surface area (TPSA) is 84.3 Å². The molecule has 2 rings (SSSR count). The van der Waals surface area contributed by atoms with Gasteiger partial charge in [-0.05, 0) is 58.0 Å². The van der Waals surface area contributed by atoms with Crippen molar-refractivity contribution in [3.05, 3.63) is 73.7 Å². The number of non-ortho nitro benzene ring substituents is 1. The van der Waals surface area contributed by atoms with Crippen LogP contribution in [0.1, 0.15) is 5.56 Å². The van der Waals surface area contributed by atoms with Crippen molar-refractivity contribution in [1.29, 1.82) is 0 Å². The highest BCUT2D eigenvalue weighted by Crippen LogP contribution is 2.26. The molecule has 0 aliphatic carbocycles. The van der Waals surface area contributed by atoms with Gasteiger partial charge in [-0.3, -0.25) is 20.2 Å². The van der Waals surface area contributed by atoms with Crippen LogP contribution in [0.2, 0.25) is 5.02 Å². The Labute approximate surface area is 162 Å². The SMILES string of the molecule is O=C(/C=C/c1ccc(Cl)cc1)NC(=S)Nc1ccc([N+](=O)[O-])cc1Br. The zero-order valence-corrected chi connectivity index (χ0v) is 15.7. The van der Waals surface area contributed by atoms with Crippen LogP contribution in [-0.4, -0.2) is 15.9 Å². The molecular formula is C16H11BrClN3O3S. The molecule has 0 atom stereocenters. The van der Waals surface area contributed by atoms with E-state index in [1.54, 1.807) is 30.3 Å². The number of benzene rings is 2. The smallest absolute Gasteiger partial charge is 0.270 e. The number of amides is 1. The van der Waals surface area contributed by atoms with Crippen LogP contribution in [0.4, 0.5) is 11.4 Å². The average Bonchev–Trinajstić information content (AvgIpc) is 2.56. The molecule has 0 saturated heterocycles. The maximum atomic E-state index is 11.9. The Morgan fingerprint density at radius 3 is 2.52 bits per heavy atom. The fourth-order valence-electron chi connectivity index (χ4n) is 1.77. The van der Waals surface area contributed by atoms with Gasteiger partial charge in [0.1, 0.15) is 0 Å². The second-order valence-electron chi connectivity index (χ2n) is 4.75. The lowest BCUT2D eigenvalue weighted by molar-refractivity contribution is -0.384. The van der Waals surface area contributed by atoms with Gasteiger partial charge in [0.25, 0.3) is 5.69 Å². The maximum Gasteiger partial charge on any atom is 0.270 e. The van der Waals surface area contributed by atoms with Gasteiger partial charge in [0, 0.05) is 27.7 Å². The summed E-state index contributed by atoms with van der Waals surface area (Å²) in [4.78, 5) is 22.1. The largest absolute Gasteiger partial charge is 0.331 e. The zero-order valence-electron chi connectivity index (χ0n) is 12.5. The number of thiocarbonyl (C=S) groups is 1. The van der Waals surface area contributed by atoms with E-state index in [1.165, 1.54) is 24.3 Å². The number of nitro groups is 1. The van der Waals surface area contributed by atoms with Gasteiger partial charge in [0.05, 0.1) is 10.6 Å². The van der Waals surface area contributed by atoms with Gasteiger partial charge in [-0.25, -0.2) is 0 Å². The summed E-state index contributed by atoms with van der Waals surface area (Å²) >= 11 is 14.1. The molecule has 2 aromatic rings. The van der Waals surface area contributed by atoms with E-state index in [4.69, 9.17) is 23.8 Å². The van der Waals surface area contributed by atoms with Crippen molar-refractivity contribution >= 4 is 68.2 Å². The van der Waals surface area contributed by atoms with Crippen LogP contribution in [0.5, 0.6) is 0 Å². The molecule has 2 aromatic carbocycles. The first-order chi connectivity index (χ1) is 11.8. The molecule has 0 radical (unpaired) electrons. The van der Waals surface area contributed by atoms with E-state index in [0.717, 1.165) is 5.56 Å². The highest BCUT2D eigenvalue weighted by Gasteiger charge is 2.10. The zero-order chi connectivity index (χ0) is 18.4.